The second-order valence-electron chi connectivity index (χ2n) is 2.14. The summed E-state index contributed by atoms with van der Waals surface area (Å²) in [5.74, 6) is -1.23. The summed E-state index contributed by atoms with van der Waals surface area (Å²) in [7, 11) is 0. The van der Waals surface area contributed by atoms with Crippen molar-refractivity contribution in [2.75, 3.05) is 6.61 Å². The van der Waals surface area contributed by atoms with Crippen molar-refractivity contribution in [1.82, 2.24) is 0 Å². The monoisotopic (exact) mass is 179 g/mol. The van der Waals surface area contributed by atoms with Crippen molar-refractivity contribution < 1.29 is 23.0 Å². The molecule has 4 nitrogen and oxygen atoms in total. The Balaban J connectivity index is 2.47. The van der Waals surface area contributed by atoms with E-state index in [0.717, 1.165) is 0 Å². The largest absolute Gasteiger partial charge is 0.471 e. The molecular formula is C6H7F2NO3. The number of esters is 1. The average Bonchev–Trinajstić information content (AvgIpc) is 2.34. The molecule has 0 aromatic rings. The highest BCUT2D eigenvalue weighted by Crippen LogP contribution is 2.11. The highest BCUT2D eigenvalue weighted by atomic mass is 19.3. The number of carbonyl (C=O) groups is 1. The molecule has 0 aromatic heterocycles. The Labute approximate surface area is 67.2 Å². The van der Waals surface area contributed by atoms with Crippen molar-refractivity contribution in [2.45, 2.75) is 19.6 Å². The predicted molar refractivity (Wildman–Crippen MR) is 34.9 cm³/mol. The maximum absolute atomic E-state index is 11.9. The van der Waals surface area contributed by atoms with E-state index in [1.807, 2.05) is 0 Å². The third kappa shape index (κ3) is 2.14. The molecule has 0 radical (unpaired) electrons. The molecule has 68 valence electrons. The third-order valence-electron chi connectivity index (χ3n) is 1.13. The minimum Gasteiger partial charge on any atom is -0.471 e. The first kappa shape index (κ1) is 8.89. The van der Waals surface area contributed by atoms with Gasteiger partial charge in [-0.2, -0.15) is 8.78 Å². The van der Waals surface area contributed by atoms with E-state index in [-0.39, 0.29) is 6.61 Å². The molecule has 0 amide bonds. The second kappa shape index (κ2) is 3.46. The van der Waals surface area contributed by atoms with E-state index >= 15 is 0 Å². The summed E-state index contributed by atoms with van der Waals surface area (Å²) in [4.78, 5) is 13.7. The van der Waals surface area contributed by atoms with Crippen molar-refractivity contribution in [3.8, 4) is 0 Å². The second-order valence-corrected chi connectivity index (χ2v) is 2.14. The van der Waals surface area contributed by atoms with Crippen LogP contribution in [0.5, 0.6) is 0 Å². The van der Waals surface area contributed by atoms with E-state index < -0.39 is 24.5 Å². The summed E-state index contributed by atoms with van der Waals surface area (Å²) in [6, 6.07) is 0. The number of aliphatic imine (C=N–C) groups is 1. The van der Waals surface area contributed by atoms with Crippen LogP contribution in [0.2, 0.25) is 0 Å². The maximum Gasteiger partial charge on any atom is 0.312 e. The topological polar surface area (TPSA) is 47.9 Å². The summed E-state index contributed by atoms with van der Waals surface area (Å²) in [6.45, 7) is 1.05. The number of alkyl halides is 2. The minimum atomic E-state index is -2.74. The fraction of sp³-hybridized carbons (Fsp3) is 0.667. The summed E-state index contributed by atoms with van der Waals surface area (Å²) in [5.41, 5.74) is 0. The molecule has 0 aromatic carbocycles. The molecule has 0 aliphatic carbocycles. The number of hydrogen-bond acceptors (Lipinski definition) is 4. The van der Waals surface area contributed by atoms with Gasteiger partial charge in [-0.15, -0.1) is 0 Å². The van der Waals surface area contributed by atoms with Crippen LogP contribution in [0.25, 0.3) is 0 Å². The molecule has 1 rings (SSSR count). The lowest BCUT2D eigenvalue weighted by molar-refractivity contribution is -0.146. The van der Waals surface area contributed by atoms with Gasteiger partial charge in [-0.3, -0.25) is 4.79 Å². The zero-order valence-corrected chi connectivity index (χ0v) is 6.29. The van der Waals surface area contributed by atoms with Gasteiger partial charge in [0.15, 0.2) is 0 Å². The van der Waals surface area contributed by atoms with Crippen LogP contribution in [-0.2, 0) is 14.3 Å². The quantitative estimate of drug-likeness (QED) is 0.582. The predicted octanol–water partition coefficient (Wildman–Crippen LogP) is 0.569. The van der Waals surface area contributed by atoms with E-state index in [2.05, 4.69) is 14.5 Å². The van der Waals surface area contributed by atoms with Crippen LogP contribution in [-0.4, -0.2) is 31.1 Å². The summed E-state index contributed by atoms with van der Waals surface area (Å²) < 4.78 is 32.7. The van der Waals surface area contributed by atoms with Gasteiger partial charge in [0.05, 0.1) is 0 Å². The van der Waals surface area contributed by atoms with Gasteiger partial charge in [-0.25, -0.2) is 4.99 Å². The molecule has 1 atom stereocenters. The molecule has 0 saturated heterocycles. The molecule has 0 N–H and O–H groups in total. The van der Waals surface area contributed by atoms with Gasteiger partial charge in [-0.1, -0.05) is 0 Å². The van der Waals surface area contributed by atoms with Crippen molar-refractivity contribution in [3.05, 3.63) is 0 Å². The summed E-state index contributed by atoms with van der Waals surface area (Å²) in [5, 5.41) is 0. The van der Waals surface area contributed by atoms with Crippen LogP contribution in [0.3, 0.4) is 0 Å². The molecule has 1 aliphatic heterocycles. The molecule has 6 heteroatoms. The fourth-order valence-corrected chi connectivity index (χ4v) is 0.744. The van der Waals surface area contributed by atoms with Crippen LogP contribution in [0.4, 0.5) is 8.78 Å². The molecule has 0 saturated carbocycles. The van der Waals surface area contributed by atoms with Gasteiger partial charge < -0.3 is 9.47 Å². The first-order valence-electron chi connectivity index (χ1n) is 3.25. The average molecular weight is 179 g/mol. The molecule has 1 unspecified atom stereocenters. The van der Waals surface area contributed by atoms with Gasteiger partial charge in [0.25, 0.3) is 5.90 Å². The number of halogens is 2. The van der Waals surface area contributed by atoms with E-state index in [4.69, 9.17) is 0 Å². The number of nitrogens with zero attached hydrogens (tertiary/aromatic N) is 1. The zero-order valence-electron chi connectivity index (χ0n) is 6.29. The van der Waals surface area contributed by atoms with Crippen molar-refractivity contribution >= 4 is 11.9 Å². The first-order valence-corrected chi connectivity index (χ1v) is 3.25. The Kier molecular flexibility index (Phi) is 2.57. The van der Waals surface area contributed by atoms with Gasteiger partial charge in [0.1, 0.15) is 6.61 Å². The summed E-state index contributed by atoms with van der Waals surface area (Å²) >= 11 is 0. The van der Waals surface area contributed by atoms with Gasteiger partial charge >= 0.3 is 12.4 Å². The van der Waals surface area contributed by atoms with Crippen LogP contribution in [0.15, 0.2) is 4.99 Å². The number of hydrogen-bond donors (Lipinski definition) is 0. The zero-order chi connectivity index (χ0) is 9.14. The van der Waals surface area contributed by atoms with Crippen LogP contribution >= 0.6 is 0 Å². The SMILES string of the molecule is CC(=O)OC1COC(C(F)F)=N1. The third-order valence-corrected chi connectivity index (χ3v) is 1.13. The molecular weight excluding hydrogens is 172 g/mol. The molecule has 0 bridgehead atoms. The fourth-order valence-electron chi connectivity index (χ4n) is 0.744. The lowest BCUT2D eigenvalue weighted by Gasteiger charge is -2.03. The Bertz CT molecular complexity index is 217. The van der Waals surface area contributed by atoms with E-state index in [1.54, 1.807) is 0 Å². The van der Waals surface area contributed by atoms with Crippen LogP contribution in [0.1, 0.15) is 6.92 Å². The Morgan fingerprint density at radius 1 is 1.83 bits per heavy atom. The van der Waals surface area contributed by atoms with Gasteiger partial charge in [-0.05, 0) is 0 Å². The highest BCUT2D eigenvalue weighted by Gasteiger charge is 2.26. The lowest BCUT2D eigenvalue weighted by Crippen LogP contribution is -2.14. The minimum absolute atomic E-state index is 0.126. The Hall–Kier alpha value is -1.20. The lowest BCUT2D eigenvalue weighted by atomic mass is 10.6. The van der Waals surface area contributed by atoms with Gasteiger partial charge in [0.2, 0.25) is 6.23 Å². The van der Waals surface area contributed by atoms with Gasteiger partial charge in [0, 0.05) is 6.92 Å². The molecule has 12 heavy (non-hydrogen) atoms. The molecule has 1 aliphatic rings. The summed E-state index contributed by atoms with van der Waals surface area (Å²) in [6.07, 6.45) is -3.66. The van der Waals surface area contributed by atoms with Crippen molar-refractivity contribution in [1.29, 1.82) is 0 Å². The van der Waals surface area contributed by atoms with E-state index in [0.29, 0.717) is 0 Å². The van der Waals surface area contributed by atoms with Crippen molar-refractivity contribution in [3.63, 3.8) is 0 Å². The number of carbonyl (C=O) groups excluding carboxylic acids is 1. The smallest absolute Gasteiger partial charge is 0.312 e. The highest BCUT2D eigenvalue weighted by molar-refractivity contribution is 5.80. The first-order chi connectivity index (χ1) is 5.59. The van der Waals surface area contributed by atoms with E-state index in [1.165, 1.54) is 6.92 Å². The van der Waals surface area contributed by atoms with Crippen LogP contribution < -0.4 is 0 Å². The number of rotatable bonds is 2. The normalized spacial score (nSPS) is 22.0. The van der Waals surface area contributed by atoms with Crippen molar-refractivity contribution in [2.24, 2.45) is 4.99 Å². The maximum atomic E-state index is 11.9. The molecule has 1 heterocycles. The van der Waals surface area contributed by atoms with Crippen LogP contribution in [0, 0.1) is 0 Å². The molecule has 0 spiro atoms. The van der Waals surface area contributed by atoms with E-state index in [9.17, 15) is 13.6 Å². The standard InChI is InChI=1S/C6H7F2NO3/c1-3(10)12-4-2-11-6(9-4)5(7)8/h4-5H,2H2,1H3. The molecule has 0 fully saturated rings. The Morgan fingerprint density at radius 3 is 2.92 bits per heavy atom. The Morgan fingerprint density at radius 2 is 2.50 bits per heavy atom. The number of ether oxygens (including phenoxy) is 2.